The molecule has 0 atom stereocenters. The van der Waals surface area contributed by atoms with Gasteiger partial charge in [-0.2, -0.15) is 0 Å². The van der Waals surface area contributed by atoms with E-state index in [0.29, 0.717) is 12.5 Å². The van der Waals surface area contributed by atoms with Crippen LogP contribution < -0.4 is 9.47 Å². The van der Waals surface area contributed by atoms with Crippen LogP contribution in [-0.4, -0.2) is 25.4 Å². The Bertz CT molecular complexity index is 334. The highest BCUT2D eigenvalue weighted by molar-refractivity contribution is 5.43. The number of methoxy groups -OCH3 is 1. The molecular weight excluding hydrogens is 216 g/mol. The zero-order chi connectivity index (χ0) is 12.7. The lowest BCUT2D eigenvalue weighted by Gasteiger charge is -2.13. The van der Waals surface area contributed by atoms with E-state index < -0.39 is 0 Å². The molecule has 0 aliphatic heterocycles. The van der Waals surface area contributed by atoms with Gasteiger partial charge in [-0.05, 0) is 36.5 Å². The van der Waals surface area contributed by atoms with Crippen LogP contribution in [0.3, 0.4) is 0 Å². The maximum absolute atomic E-state index is 8.82. The molecule has 0 amide bonds. The van der Waals surface area contributed by atoms with Crippen molar-refractivity contribution in [1.82, 2.24) is 0 Å². The third-order valence-corrected chi connectivity index (χ3v) is 2.42. The summed E-state index contributed by atoms with van der Waals surface area (Å²) in [6.07, 6.45) is 1.63. The maximum Gasteiger partial charge on any atom is 0.161 e. The summed E-state index contributed by atoms with van der Waals surface area (Å²) in [6, 6.07) is 5.93. The number of hydrogen-bond donors (Lipinski definition) is 1. The first-order valence-electron chi connectivity index (χ1n) is 6.08. The fraction of sp³-hybridized carbons (Fsp3) is 0.571. The Morgan fingerprint density at radius 3 is 2.59 bits per heavy atom. The molecule has 0 aromatic heterocycles. The summed E-state index contributed by atoms with van der Waals surface area (Å²) >= 11 is 0. The molecule has 0 bridgehead atoms. The molecule has 3 nitrogen and oxygen atoms in total. The highest BCUT2D eigenvalue weighted by Gasteiger charge is 2.06. The van der Waals surface area contributed by atoms with Gasteiger partial charge in [0.25, 0.3) is 0 Å². The normalized spacial score (nSPS) is 10.6. The van der Waals surface area contributed by atoms with Gasteiger partial charge in [-0.3, -0.25) is 0 Å². The van der Waals surface area contributed by atoms with Crippen LogP contribution in [0, 0.1) is 5.92 Å². The first kappa shape index (κ1) is 13.8. The van der Waals surface area contributed by atoms with Crippen molar-refractivity contribution in [2.45, 2.75) is 26.7 Å². The van der Waals surface area contributed by atoms with Crippen LogP contribution in [0.1, 0.15) is 25.8 Å². The smallest absolute Gasteiger partial charge is 0.161 e. The van der Waals surface area contributed by atoms with E-state index in [1.807, 2.05) is 18.2 Å². The van der Waals surface area contributed by atoms with E-state index >= 15 is 0 Å². The van der Waals surface area contributed by atoms with E-state index in [1.54, 1.807) is 7.11 Å². The van der Waals surface area contributed by atoms with E-state index in [1.165, 1.54) is 5.56 Å². The summed E-state index contributed by atoms with van der Waals surface area (Å²) in [7, 11) is 1.64. The molecule has 0 saturated carbocycles. The van der Waals surface area contributed by atoms with Crippen molar-refractivity contribution in [3.8, 4) is 11.5 Å². The van der Waals surface area contributed by atoms with E-state index in [4.69, 9.17) is 14.6 Å². The van der Waals surface area contributed by atoms with E-state index in [9.17, 15) is 0 Å². The highest BCUT2D eigenvalue weighted by atomic mass is 16.5. The molecular formula is C14H22O3. The molecule has 1 aromatic rings. The molecule has 96 valence electrons. The van der Waals surface area contributed by atoms with Gasteiger partial charge in [0.2, 0.25) is 0 Å². The zero-order valence-corrected chi connectivity index (χ0v) is 10.9. The molecule has 1 N–H and O–H groups in total. The molecule has 3 heteroatoms. The van der Waals surface area contributed by atoms with Gasteiger partial charge in [0.15, 0.2) is 11.5 Å². The van der Waals surface area contributed by atoms with Crippen LogP contribution in [0.25, 0.3) is 0 Å². The van der Waals surface area contributed by atoms with Gasteiger partial charge in [-0.15, -0.1) is 0 Å². The fourth-order valence-corrected chi connectivity index (χ4v) is 1.53. The molecule has 0 aliphatic rings. The maximum atomic E-state index is 8.82. The van der Waals surface area contributed by atoms with Crippen molar-refractivity contribution in [3.05, 3.63) is 23.8 Å². The fourth-order valence-electron chi connectivity index (χ4n) is 1.53. The summed E-state index contributed by atoms with van der Waals surface area (Å²) in [6.45, 7) is 5.12. The number of aryl methyl sites for hydroxylation is 1. The number of rotatable bonds is 7. The predicted octanol–water partition coefficient (Wildman–Crippen LogP) is 2.65. The van der Waals surface area contributed by atoms with Crippen molar-refractivity contribution in [2.75, 3.05) is 20.3 Å². The van der Waals surface area contributed by atoms with Crippen LogP contribution in [-0.2, 0) is 6.42 Å². The number of aliphatic hydroxyl groups excluding tert-OH is 1. The molecule has 1 aromatic carbocycles. The largest absolute Gasteiger partial charge is 0.493 e. The van der Waals surface area contributed by atoms with Gasteiger partial charge in [0.05, 0.1) is 13.7 Å². The third-order valence-electron chi connectivity index (χ3n) is 2.42. The van der Waals surface area contributed by atoms with E-state index in [0.717, 1.165) is 24.3 Å². The summed E-state index contributed by atoms with van der Waals surface area (Å²) in [4.78, 5) is 0. The van der Waals surface area contributed by atoms with Crippen molar-refractivity contribution < 1.29 is 14.6 Å². The van der Waals surface area contributed by atoms with Crippen molar-refractivity contribution in [2.24, 2.45) is 5.92 Å². The lowest BCUT2D eigenvalue weighted by Crippen LogP contribution is -2.06. The summed E-state index contributed by atoms with van der Waals surface area (Å²) in [5.74, 6) is 2.04. The SMILES string of the molecule is COc1ccc(CCCO)cc1OCC(C)C. The second kappa shape index (κ2) is 7.17. The Hall–Kier alpha value is -1.22. The highest BCUT2D eigenvalue weighted by Crippen LogP contribution is 2.28. The molecule has 0 radical (unpaired) electrons. The summed E-state index contributed by atoms with van der Waals surface area (Å²) in [5.41, 5.74) is 1.17. The van der Waals surface area contributed by atoms with Crippen LogP contribution in [0.4, 0.5) is 0 Å². The van der Waals surface area contributed by atoms with Gasteiger partial charge in [-0.1, -0.05) is 19.9 Å². The van der Waals surface area contributed by atoms with E-state index in [2.05, 4.69) is 13.8 Å². The number of aliphatic hydroxyl groups is 1. The lowest BCUT2D eigenvalue weighted by molar-refractivity contribution is 0.256. The number of hydrogen-bond acceptors (Lipinski definition) is 3. The minimum atomic E-state index is 0.216. The van der Waals surface area contributed by atoms with Gasteiger partial charge in [0.1, 0.15) is 0 Å². The second-order valence-corrected chi connectivity index (χ2v) is 4.52. The van der Waals surface area contributed by atoms with Gasteiger partial charge < -0.3 is 14.6 Å². The lowest BCUT2D eigenvalue weighted by atomic mass is 10.1. The Labute approximate surface area is 103 Å². The topological polar surface area (TPSA) is 38.7 Å². The zero-order valence-electron chi connectivity index (χ0n) is 10.9. The molecule has 0 unspecified atom stereocenters. The predicted molar refractivity (Wildman–Crippen MR) is 68.7 cm³/mol. The minimum Gasteiger partial charge on any atom is -0.493 e. The van der Waals surface area contributed by atoms with Gasteiger partial charge >= 0.3 is 0 Å². The summed E-state index contributed by atoms with van der Waals surface area (Å²) < 4.78 is 11.0. The van der Waals surface area contributed by atoms with Crippen molar-refractivity contribution >= 4 is 0 Å². The number of benzene rings is 1. The quantitative estimate of drug-likeness (QED) is 0.793. The number of ether oxygens (including phenoxy) is 2. The molecule has 0 aliphatic carbocycles. The summed E-state index contributed by atoms with van der Waals surface area (Å²) in [5, 5.41) is 8.82. The molecule has 0 spiro atoms. The Morgan fingerprint density at radius 2 is 2.00 bits per heavy atom. The molecule has 0 fully saturated rings. The Balaban J connectivity index is 2.75. The Morgan fingerprint density at radius 1 is 1.24 bits per heavy atom. The molecule has 17 heavy (non-hydrogen) atoms. The van der Waals surface area contributed by atoms with Crippen LogP contribution in [0.5, 0.6) is 11.5 Å². The van der Waals surface area contributed by atoms with Crippen LogP contribution in [0.15, 0.2) is 18.2 Å². The Kier molecular flexibility index (Phi) is 5.84. The van der Waals surface area contributed by atoms with Gasteiger partial charge in [-0.25, -0.2) is 0 Å². The van der Waals surface area contributed by atoms with Crippen molar-refractivity contribution in [1.29, 1.82) is 0 Å². The molecule has 0 heterocycles. The van der Waals surface area contributed by atoms with Crippen LogP contribution >= 0.6 is 0 Å². The average molecular weight is 238 g/mol. The van der Waals surface area contributed by atoms with E-state index in [-0.39, 0.29) is 6.61 Å². The second-order valence-electron chi connectivity index (χ2n) is 4.52. The molecule has 1 rings (SSSR count). The van der Waals surface area contributed by atoms with Crippen molar-refractivity contribution in [3.63, 3.8) is 0 Å². The monoisotopic (exact) mass is 238 g/mol. The van der Waals surface area contributed by atoms with Gasteiger partial charge in [0, 0.05) is 6.61 Å². The van der Waals surface area contributed by atoms with Crippen LogP contribution in [0.2, 0.25) is 0 Å². The first-order valence-corrected chi connectivity index (χ1v) is 6.08. The first-order chi connectivity index (χ1) is 8.17. The minimum absolute atomic E-state index is 0.216. The third kappa shape index (κ3) is 4.65. The molecule has 0 saturated heterocycles. The average Bonchev–Trinajstić information content (AvgIpc) is 2.33. The standard InChI is InChI=1S/C14H22O3/c1-11(2)10-17-14-9-12(5-4-8-15)6-7-13(14)16-3/h6-7,9,11,15H,4-5,8,10H2,1-3H3.